The molecule has 0 saturated heterocycles. The van der Waals surface area contributed by atoms with Crippen molar-refractivity contribution in [2.75, 3.05) is 13.6 Å². The third-order valence-corrected chi connectivity index (χ3v) is 3.87. The van der Waals surface area contributed by atoms with Crippen LogP contribution in [0, 0.1) is 0 Å². The maximum absolute atomic E-state index is 12.1. The molecule has 2 aromatic rings. The Labute approximate surface area is 140 Å². The van der Waals surface area contributed by atoms with Gasteiger partial charge in [-0.2, -0.15) is 10.2 Å². The van der Waals surface area contributed by atoms with Crippen LogP contribution >= 0.6 is 0 Å². The van der Waals surface area contributed by atoms with Gasteiger partial charge in [-0.05, 0) is 30.2 Å². The molecule has 24 heavy (non-hydrogen) atoms. The monoisotopic (exact) mass is 325 g/mol. The minimum atomic E-state index is -0.206. The first-order chi connectivity index (χ1) is 11.6. The summed E-state index contributed by atoms with van der Waals surface area (Å²) in [6, 6.07) is 9.91. The van der Waals surface area contributed by atoms with Gasteiger partial charge in [0, 0.05) is 38.8 Å². The number of amides is 2. The molecule has 1 aromatic heterocycles. The van der Waals surface area contributed by atoms with Crippen molar-refractivity contribution in [1.29, 1.82) is 0 Å². The first-order valence-electron chi connectivity index (χ1n) is 7.84. The van der Waals surface area contributed by atoms with E-state index in [4.69, 9.17) is 0 Å². The quantitative estimate of drug-likeness (QED) is 0.895. The number of hydrogen-bond acceptors (Lipinski definition) is 4. The lowest BCUT2D eigenvalue weighted by atomic mass is 10.1. The van der Waals surface area contributed by atoms with Crippen molar-refractivity contribution in [1.82, 2.24) is 20.1 Å². The van der Waals surface area contributed by atoms with E-state index >= 15 is 0 Å². The summed E-state index contributed by atoms with van der Waals surface area (Å²) < 4.78 is 1.80. The summed E-state index contributed by atoms with van der Waals surface area (Å²) in [5, 5.41) is 12.3. The molecule has 1 N–H and O–H groups in total. The van der Waals surface area contributed by atoms with Crippen LogP contribution in [0.4, 0.5) is 0 Å². The Morgan fingerprint density at radius 1 is 1.25 bits per heavy atom. The molecule has 3 rings (SSSR count). The summed E-state index contributed by atoms with van der Waals surface area (Å²) in [4.78, 5) is 23.4. The molecule has 7 nitrogen and oxygen atoms in total. The van der Waals surface area contributed by atoms with Crippen molar-refractivity contribution in [3.8, 4) is 5.69 Å². The van der Waals surface area contributed by atoms with Crippen molar-refractivity contribution in [2.24, 2.45) is 5.10 Å². The van der Waals surface area contributed by atoms with E-state index in [1.54, 1.807) is 17.9 Å². The lowest BCUT2D eigenvalue weighted by molar-refractivity contribution is -0.130. The molecule has 1 aromatic carbocycles. The zero-order chi connectivity index (χ0) is 16.9. The molecule has 0 unspecified atom stereocenters. The highest BCUT2D eigenvalue weighted by atomic mass is 16.2. The van der Waals surface area contributed by atoms with E-state index in [0.29, 0.717) is 25.1 Å². The molecule has 0 radical (unpaired) electrons. The number of nitrogens with zero attached hydrogens (tertiary/aromatic N) is 4. The number of benzene rings is 1. The lowest BCUT2D eigenvalue weighted by Gasteiger charge is -2.18. The highest BCUT2D eigenvalue weighted by Gasteiger charge is 2.21. The number of carbonyl (C=O) groups excluding carboxylic acids is 2. The van der Waals surface area contributed by atoms with Gasteiger partial charge in [0.2, 0.25) is 5.91 Å². The molecular formula is C17H19N5O2. The first kappa shape index (κ1) is 15.9. The fourth-order valence-corrected chi connectivity index (χ4v) is 2.49. The van der Waals surface area contributed by atoms with Crippen molar-refractivity contribution in [2.45, 2.75) is 19.3 Å². The molecule has 0 bridgehead atoms. The smallest absolute Gasteiger partial charge is 0.267 e. The van der Waals surface area contributed by atoms with Gasteiger partial charge >= 0.3 is 0 Å². The molecule has 124 valence electrons. The van der Waals surface area contributed by atoms with Crippen LogP contribution < -0.4 is 5.32 Å². The van der Waals surface area contributed by atoms with E-state index in [1.165, 1.54) is 5.01 Å². The number of nitrogens with one attached hydrogen (secondary N) is 1. The molecule has 7 heteroatoms. The Bertz CT molecular complexity index is 750. The Kier molecular flexibility index (Phi) is 4.69. The summed E-state index contributed by atoms with van der Waals surface area (Å²) in [7, 11) is 1.57. The highest BCUT2D eigenvalue weighted by Crippen LogP contribution is 2.09. The van der Waals surface area contributed by atoms with E-state index in [2.05, 4.69) is 15.5 Å². The summed E-state index contributed by atoms with van der Waals surface area (Å²) in [6.07, 6.45) is 5.09. The third-order valence-electron chi connectivity index (χ3n) is 3.87. The van der Waals surface area contributed by atoms with E-state index in [0.717, 1.165) is 17.7 Å². The number of rotatable bonds is 5. The van der Waals surface area contributed by atoms with Crippen molar-refractivity contribution in [3.63, 3.8) is 0 Å². The Morgan fingerprint density at radius 2 is 2.04 bits per heavy atom. The van der Waals surface area contributed by atoms with E-state index in [1.807, 2.05) is 36.5 Å². The Balaban J connectivity index is 1.50. The SMILES string of the molecule is CN1N=C(C(=O)NCCc2ccc(-n3cccn3)cc2)CCC1=O. The maximum atomic E-state index is 12.1. The van der Waals surface area contributed by atoms with Crippen LogP contribution in [0.5, 0.6) is 0 Å². The molecule has 0 spiro atoms. The topological polar surface area (TPSA) is 79.6 Å². The van der Waals surface area contributed by atoms with Crippen molar-refractivity contribution >= 4 is 17.5 Å². The fraction of sp³-hybridized carbons (Fsp3) is 0.294. The normalized spacial score (nSPS) is 14.5. The standard InChI is InChI=1S/C17H19N5O2/c1-21-16(23)8-7-15(20-21)17(24)18-11-9-13-3-5-14(6-4-13)22-12-2-10-19-22/h2-6,10,12H,7-9,11H2,1H3,(H,18,24). The second-order valence-corrected chi connectivity index (χ2v) is 5.59. The zero-order valence-corrected chi connectivity index (χ0v) is 13.5. The van der Waals surface area contributed by atoms with Crippen molar-refractivity contribution < 1.29 is 9.59 Å². The predicted octanol–water partition coefficient (Wildman–Crippen LogP) is 1.14. The minimum absolute atomic E-state index is 0.0659. The minimum Gasteiger partial charge on any atom is -0.351 e. The molecule has 0 aliphatic carbocycles. The van der Waals surface area contributed by atoms with Crippen LogP contribution in [0.15, 0.2) is 47.8 Å². The van der Waals surface area contributed by atoms with Crippen LogP contribution in [-0.2, 0) is 16.0 Å². The van der Waals surface area contributed by atoms with Crippen LogP contribution in [-0.4, -0.2) is 45.9 Å². The zero-order valence-electron chi connectivity index (χ0n) is 13.5. The van der Waals surface area contributed by atoms with Gasteiger partial charge in [0.1, 0.15) is 5.71 Å². The molecular weight excluding hydrogens is 306 g/mol. The highest BCUT2D eigenvalue weighted by molar-refractivity contribution is 6.39. The molecule has 0 saturated carbocycles. The van der Waals surface area contributed by atoms with E-state index in [-0.39, 0.29) is 11.8 Å². The van der Waals surface area contributed by atoms with E-state index in [9.17, 15) is 9.59 Å². The summed E-state index contributed by atoms with van der Waals surface area (Å²) in [5.74, 6) is -0.272. The van der Waals surface area contributed by atoms with Crippen LogP contribution in [0.2, 0.25) is 0 Å². The van der Waals surface area contributed by atoms with Gasteiger partial charge in [0.05, 0.1) is 5.69 Å². The summed E-state index contributed by atoms with van der Waals surface area (Å²) >= 11 is 0. The maximum Gasteiger partial charge on any atom is 0.267 e. The average molecular weight is 325 g/mol. The van der Waals surface area contributed by atoms with Gasteiger partial charge in [-0.3, -0.25) is 9.59 Å². The number of hydrogen-bond donors (Lipinski definition) is 1. The number of hydrazone groups is 1. The van der Waals surface area contributed by atoms with Crippen molar-refractivity contribution in [3.05, 3.63) is 48.3 Å². The van der Waals surface area contributed by atoms with E-state index < -0.39 is 0 Å². The summed E-state index contributed by atoms with van der Waals surface area (Å²) in [5.41, 5.74) is 2.53. The molecule has 1 aliphatic rings. The molecule has 2 heterocycles. The summed E-state index contributed by atoms with van der Waals surface area (Å²) in [6.45, 7) is 0.524. The van der Waals surface area contributed by atoms with Crippen LogP contribution in [0.3, 0.4) is 0 Å². The molecule has 2 amide bonds. The molecule has 1 aliphatic heterocycles. The van der Waals surface area contributed by atoms with Gasteiger partial charge in [0.15, 0.2) is 0 Å². The Hall–Kier alpha value is -2.96. The Morgan fingerprint density at radius 3 is 2.71 bits per heavy atom. The van der Waals surface area contributed by atoms with Gasteiger partial charge in [-0.15, -0.1) is 0 Å². The second kappa shape index (κ2) is 7.08. The molecule has 0 fully saturated rings. The van der Waals surface area contributed by atoms with Crippen LogP contribution in [0.25, 0.3) is 5.69 Å². The lowest BCUT2D eigenvalue weighted by Crippen LogP contribution is -2.38. The second-order valence-electron chi connectivity index (χ2n) is 5.59. The average Bonchev–Trinajstić information content (AvgIpc) is 3.12. The fourth-order valence-electron chi connectivity index (χ4n) is 2.49. The third kappa shape index (κ3) is 3.68. The molecule has 0 atom stereocenters. The number of aromatic nitrogens is 2. The largest absolute Gasteiger partial charge is 0.351 e. The predicted molar refractivity (Wildman–Crippen MR) is 89.7 cm³/mol. The van der Waals surface area contributed by atoms with Gasteiger partial charge in [-0.1, -0.05) is 12.1 Å². The number of carbonyl (C=O) groups is 2. The van der Waals surface area contributed by atoms with Gasteiger partial charge in [-0.25, -0.2) is 9.69 Å². The van der Waals surface area contributed by atoms with Gasteiger partial charge in [0.25, 0.3) is 5.91 Å². The first-order valence-corrected chi connectivity index (χ1v) is 7.84. The van der Waals surface area contributed by atoms with Gasteiger partial charge < -0.3 is 5.32 Å². The van der Waals surface area contributed by atoms with Crippen LogP contribution in [0.1, 0.15) is 18.4 Å².